The largest absolute Gasteiger partial charge is 0.433 e. The summed E-state index contributed by atoms with van der Waals surface area (Å²) in [7, 11) is 0. The highest BCUT2D eigenvalue weighted by Crippen LogP contribution is 2.35. The van der Waals surface area contributed by atoms with E-state index in [-0.39, 0.29) is 17.9 Å². The fourth-order valence-corrected chi connectivity index (χ4v) is 3.11. The van der Waals surface area contributed by atoms with Gasteiger partial charge in [0.25, 0.3) is 0 Å². The zero-order valence-electron chi connectivity index (χ0n) is 10.7. The second-order valence-corrected chi connectivity index (χ2v) is 5.46. The molecule has 0 aliphatic carbocycles. The van der Waals surface area contributed by atoms with Gasteiger partial charge in [0.2, 0.25) is 0 Å². The van der Waals surface area contributed by atoms with Crippen LogP contribution >= 0.6 is 11.3 Å². The summed E-state index contributed by atoms with van der Waals surface area (Å²) >= 11 is 1.44. The highest BCUT2D eigenvalue weighted by atomic mass is 32.1. The van der Waals surface area contributed by atoms with Crippen molar-refractivity contribution in [3.05, 3.63) is 33.3 Å². The van der Waals surface area contributed by atoms with Gasteiger partial charge in [-0.05, 0) is 17.9 Å². The topological polar surface area (TPSA) is 37.8 Å². The molecule has 1 aliphatic heterocycles. The van der Waals surface area contributed by atoms with Gasteiger partial charge < -0.3 is 5.32 Å². The number of rotatable bonds is 1. The second-order valence-electron chi connectivity index (χ2n) is 4.71. The van der Waals surface area contributed by atoms with Gasteiger partial charge in [-0.2, -0.15) is 24.5 Å². The number of nitrogens with one attached hydrogen (secondary N) is 1. The van der Waals surface area contributed by atoms with Crippen LogP contribution in [-0.4, -0.2) is 16.5 Å². The molecule has 3 heterocycles. The summed E-state index contributed by atoms with van der Waals surface area (Å²) in [5, 5.41) is 6.61. The van der Waals surface area contributed by atoms with Crippen molar-refractivity contribution in [3.8, 4) is 11.4 Å². The quantitative estimate of drug-likeness (QED) is 0.879. The molecular formula is C13H12F3N3S. The van der Waals surface area contributed by atoms with Crippen molar-refractivity contribution >= 4 is 11.3 Å². The SMILES string of the molecule is Cc1cscc1-c1nc2c(c(C(F)(F)F)n1)CNCC2. The van der Waals surface area contributed by atoms with Crippen molar-refractivity contribution in [1.29, 1.82) is 0 Å². The Morgan fingerprint density at radius 2 is 2.05 bits per heavy atom. The molecule has 0 amide bonds. The lowest BCUT2D eigenvalue weighted by atomic mass is 10.0. The van der Waals surface area contributed by atoms with Gasteiger partial charge in [0.15, 0.2) is 11.5 Å². The number of aromatic nitrogens is 2. The maximum absolute atomic E-state index is 13.2. The van der Waals surface area contributed by atoms with Crippen LogP contribution in [0.4, 0.5) is 13.2 Å². The molecule has 3 rings (SSSR count). The van der Waals surface area contributed by atoms with E-state index in [1.165, 1.54) is 11.3 Å². The molecule has 3 nitrogen and oxygen atoms in total. The summed E-state index contributed by atoms with van der Waals surface area (Å²) in [5.74, 6) is 0.178. The molecule has 0 bridgehead atoms. The minimum atomic E-state index is -4.45. The first-order chi connectivity index (χ1) is 9.47. The standard InChI is InChI=1S/C13H12F3N3S/c1-7-5-20-6-9(7)12-18-10-2-3-17-4-8(10)11(19-12)13(14,15)16/h5-6,17H,2-4H2,1H3. The van der Waals surface area contributed by atoms with E-state index in [9.17, 15) is 13.2 Å². The normalized spacial score (nSPS) is 15.2. The van der Waals surface area contributed by atoms with Crippen LogP contribution in [0, 0.1) is 6.92 Å². The van der Waals surface area contributed by atoms with Gasteiger partial charge in [0.05, 0.1) is 5.69 Å². The summed E-state index contributed by atoms with van der Waals surface area (Å²) in [6.45, 7) is 2.67. The van der Waals surface area contributed by atoms with Crippen LogP contribution in [0.25, 0.3) is 11.4 Å². The molecule has 0 spiro atoms. The van der Waals surface area contributed by atoms with Crippen LogP contribution in [-0.2, 0) is 19.1 Å². The molecule has 0 aromatic carbocycles. The van der Waals surface area contributed by atoms with Crippen LogP contribution in [0.1, 0.15) is 22.5 Å². The fourth-order valence-electron chi connectivity index (χ4n) is 2.29. The zero-order valence-corrected chi connectivity index (χ0v) is 11.5. The monoisotopic (exact) mass is 299 g/mol. The molecule has 1 N–H and O–H groups in total. The van der Waals surface area contributed by atoms with E-state index in [1.807, 2.05) is 12.3 Å². The molecule has 20 heavy (non-hydrogen) atoms. The van der Waals surface area contributed by atoms with Crippen LogP contribution < -0.4 is 5.32 Å². The van der Waals surface area contributed by atoms with Gasteiger partial charge in [-0.1, -0.05) is 0 Å². The Kier molecular flexibility index (Phi) is 3.25. The number of thiophene rings is 1. The zero-order chi connectivity index (χ0) is 14.3. The van der Waals surface area contributed by atoms with Crippen molar-refractivity contribution in [3.63, 3.8) is 0 Å². The summed E-state index contributed by atoms with van der Waals surface area (Å²) in [4.78, 5) is 8.14. The van der Waals surface area contributed by atoms with Crippen molar-refractivity contribution in [1.82, 2.24) is 15.3 Å². The predicted molar refractivity (Wildman–Crippen MR) is 70.5 cm³/mol. The van der Waals surface area contributed by atoms with E-state index in [0.29, 0.717) is 24.2 Å². The predicted octanol–water partition coefficient (Wildman–Crippen LogP) is 3.18. The molecular weight excluding hydrogens is 287 g/mol. The van der Waals surface area contributed by atoms with E-state index in [1.54, 1.807) is 5.38 Å². The van der Waals surface area contributed by atoms with E-state index >= 15 is 0 Å². The Morgan fingerprint density at radius 3 is 2.70 bits per heavy atom. The number of hydrogen-bond donors (Lipinski definition) is 1. The van der Waals surface area contributed by atoms with Crippen LogP contribution in [0.2, 0.25) is 0 Å². The van der Waals surface area contributed by atoms with Gasteiger partial charge in [-0.15, -0.1) is 0 Å². The maximum atomic E-state index is 13.2. The maximum Gasteiger partial charge on any atom is 0.433 e. The Labute approximate surface area is 117 Å². The Bertz CT molecular complexity index is 649. The van der Waals surface area contributed by atoms with Crippen molar-refractivity contribution < 1.29 is 13.2 Å². The lowest BCUT2D eigenvalue weighted by Gasteiger charge is -2.21. The lowest BCUT2D eigenvalue weighted by Crippen LogP contribution is -2.29. The number of aryl methyl sites for hydroxylation is 1. The van der Waals surface area contributed by atoms with Crippen molar-refractivity contribution in [2.24, 2.45) is 0 Å². The average molecular weight is 299 g/mol. The summed E-state index contributed by atoms with van der Waals surface area (Å²) in [6, 6.07) is 0. The fraction of sp³-hybridized carbons (Fsp3) is 0.385. The van der Waals surface area contributed by atoms with Crippen molar-refractivity contribution in [2.75, 3.05) is 6.54 Å². The molecule has 2 aromatic heterocycles. The molecule has 7 heteroatoms. The van der Waals surface area contributed by atoms with E-state index < -0.39 is 11.9 Å². The van der Waals surface area contributed by atoms with E-state index in [0.717, 1.165) is 5.56 Å². The third-order valence-electron chi connectivity index (χ3n) is 3.30. The molecule has 1 aliphatic rings. The molecule has 0 saturated carbocycles. The first kappa shape index (κ1) is 13.5. The highest BCUT2D eigenvalue weighted by molar-refractivity contribution is 7.08. The Balaban J connectivity index is 2.21. The number of nitrogens with zero attached hydrogens (tertiary/aromatic N) is 2. The van der Waals surface area contributed by atoms with Gasteiger partial charge >= 0.3 is 6.18 Å². The van der Waals surface area contributed by atoms with E-state index in [2.05, 4.69) is 15.3 Å². The summed E-state index contributed by atoms with van der Waals surface area (Å²) < 4.78 is 39.5. The Hall–Kier alpha value is -1.47. The van der Waals surface area contributed by atoms with Crippen LogP contribution in [0.3, 0.4) is 0 Å². The number of halogens is 3. The molecule has 106 valence electrons. The van der Waals surface area contributed by atoms with Gasteiger partial charge in [-0.25, -0.2) is 9.97 Å². The van der Waals surface area contributed by atoms with Crippen LogP contribution in [0.15, 0.2) is 10.8 Å². The molecule has 0 radical (unpaired) electrons. The molecule has 0 atom stereocenters. The van der Waals surface area contributed by atoms with Crippen molar-refractivity contribution in [2.45, 2.75) is 26.1 Å². The highest BCUT2D eigenvalue weighted by Gasteiger charge is 2.38. The third-order valence-corrected chi connectivity index (χ3v) is 4.16. The number of fused-ring (bicyclic) bond motifs is 1. The van der Waals surface area contributed by atoms with Gasteiger partial charge in [0.1, 0.15) is 0 Å². The third kappa shape index (κ3) is 2.31. The van der Waals surface area contributed by atoms with Crippen LogP contribution in [0.5, 0.6) is 0 Å². The molecule has 2 aromatic rings. The second kappa shape index (κ2) is 4.82. The summed E-state index contributed by atoms with van der Waals surface area (Å²) in [6.07, 6.45) is -3.96. The molecule has 0 saturated heterocycles. The Morgan fingerprint density at radius 1 is 1.25 bits per heavy atom. The number of alkyl halides is 3. The van der Waals surface area contributed by atoms with E-state index in [4.69, 9.17) is 0 Å². The smallest absolute Gasteiger partial charge is 0.312 e. The van der Waals surface area contributed by atoms with Gasteiger partial charge in [-0.3, -0.25) is 0 Å². The minimum Gasteiger partial charge on any atom is -0.312 e. The first-order valence-electron chi connectivity index (χ1n) is 6.17. The number of hydrogen-bond acceptors (Lipinski definition) is 4. The average Bonchev–Trinajstić information content (AvgIpc) is 2.82. The minimum absolute atomic E-state index is 0.174. The van der Waals surface area contributed by atoms with Gasteiger partial charge in [0, 0.05) is 36.0 Å². The lowest BCUT2D eigenvalue weighted by molar-refractivity contribution is -0.142. The summed E-state index contributed by atoms with van der Waals surface area (Å²) in [5.41, 5.74) is 1.46. The molecule has 0 unspecified atom stereocenters. The molecule has 0 fully saturated rings. The first-order valence-corrected chi connectivity index (χ1v) is 7.12.